The Morgan fingerprint density at radius 1 is 0.789 bits per heavy atom. The highest BCUT2D eigenvalue weighted by Gasteiger charge is 2.63. The van der Waals surface area contributed by atoms with Crippen LogP contribution in [0.5, 0.6) is 23.0 Å². The first-order valence-corrected chi connectivity index (χ1v) is 12.5. The highest BCUT2D eigenvalue weighted by Crippen LogP contribution is 2.57. The molecular formula is C26H28O12. The lowest BCUT2D eigenvalue weighted by atomic mass is 9.80. The number of aliphatic hydroxyl groups is 4. The molecule has 0 unspecified atom stereocenters. The first-order valence-electron chi connectivity index (χ1n) is 12.5. The predicted octanol–water partition coefficient (Wildman–Crippen LogP) is 0.158. The summed E-state index contributed by atoms with van der Waals surface area (Å²) >= 11 is 0. The Balaban J connectivity index is 1.25. The van der Waals surface area contributed by atoms with Gasteiger partial charge in [0.15, 0.2) is 29.3 Å². The van der Waals surface area contributed by atoms with Gasteiger partial charge in [0.1, 0.15) is 36.1 Å². The lowest BCUT2D eigenvalue weighted by molar-refractivity contribution is -0.333. The van der Waals surface area contributed by atoms with Gasteiger partial charge in [-0.2, -0.15) is 0 Å². The lowest BCUT2D eigenvalue weighted by Gasteiger charge is -2.44. The van der Waals surface area contributed by atoms with Gasteiger partial charge in [0.05, 0.1) is 25.9 Å². The summed E-state index contributed by atoms with van der Waals surface area (Å²) in [6.45, 7) is 0.0299. The van der Waals surface area contributed by atoms with E-state index in [9.17, 15) is 20.4 Å². The molecule has 7 rings (SSSR count). The molecule has 5 heterocycles. The van der Waals surface area contributed by atoms with Gasteiger partial charge in [-0.15, -0.1) is 0 Å². The summed E-state index contributed by atoms with van der Waals surface area (Å²) in [6.07, 6.45) is -8.27. The highest BCUT2D eigenvalue weighted by atomic mass is 16.7. The third-order valence-electron chi connectivity index (χ3n) is 7.98. The number of ether oxygens (including phenoxy) is 8. The monoisotopic (exact) mass is 532 g/mol. The minimum atomic E-state index is -1.58. The van der Waals surface area contributed by atoms with Crippen LogP contribution in [-0.4, -0.2) is 90.1 Å². The third kappa shape index (κ3) is 3.67. The maximum Gasteiger partial charge on any atom is 0.231 e. The molecule has 3 saturated heterocycles. The van der Waals surface area contributed by atoms with Crippen LogP contribution >= 0.6 is 0 Å². The third-order valence-corrected chi connectivity index (χ3v) is 7.98. The molecule has 12 nitrogen and oxygen atoms in total. The summed E-state index contributed by atoms with van der Waals surface area (Å²) in [5.41, 5.74) is 0.423. The van der Waals surface area contributed by atoms with Crippen molar-refractivity contribution in [2.75, 3.05) is 33.4 Å². The summed E-state index contributed by atoms with van der Waals surface area (Å²) in [7, 11) is 0. The normalized spacial score (nSPS) is 38.9. The second-order valence-electron chi connectivity index (χ2n) is 10.0. The van der Waals surface area contributed by atoms with Gasteiger partial charge in [-0.05, 0) is 35.4 Å². The summed E-state index contributed by atoms with van der Waals surface area (Å²) in [6, 6.07) is 11.1. The maximum absolute atomic E-state index is 10.8. The zero-order valence-electron chi connectivity index (χ0n) is 20.2. The Hall–Kier alpha value is -2.68. The molecule has 5 aliphatic rings. The summed E-state index contributed by atoms with van der Waals surface area (Å²) in [5, 5.41) is 41.1. The Labute approximate surface area is 217 Å². The van der Waals surface area contributed by atoms with Crippen LogP contribution in [0.25, 0.3) is 0 Å². The van der Waals surface area contributed by atoms with Gasteiger partial charge in [0.2, 0.25) is 13.6 Å². The topological polar surface area (TPSA) is 155 Å². The SMILES string of the molecule is OC[C@H]1O[C@@H](O[C@@]23CO[C@@H](c4ccc5c(c4)OCO5)[C@@H]2CO[C@H]3c2ccc3c(c2)OCO3)[C@@H](O)[C@@H](O)[C@@H]1O. The molecular weight excluding hydrogens is 504 g/mol. The van der Waals surface area contributed by atoms with Crippen LogP contribution in [0.4, 0.5) is 0 Å². The van der Waals surface area contributed by atoms with Crippen LogP contribution in [-0.2, 0) is 18.9 Å². The zero-order chi connectivity index (χ0) is 26.0. The number of fused-ring (bicyclic) bond motifs is 3. The van der Waals surface area contributed by atoms with Crippen molar-refractivity contribution in [2.45, 2.75) is 48.5 Å². The van der Waals surface area contributed by atoms with Crippen molar-refractivity contribution in [3.63, 3.8) is 0 Å². The van der Waals surface area contributed by atoms with Crippen LogP contribution in [0.3, 0.4) is 0 Å². The smallest absolute Gasteiger partial charge is 0.231 e. The fraction of sp³-hybridized carbons (Fsp3) is 0.538. The number of hydrogen-bond acceptors (Lipinski definition) is 12. The van der Waals surface area contributed by atoms with Gasteiger partial charge < -0.3 is 58.3 Å². The Morgan fingerprint density at radius 2 is 1.45 bits per heavy atom. The predicted molar refractivity (Wildman–Crippen MR) is 124 cm³/mol. The van der Waals surface area contributed by atoms with Gasteiger partial charge in [-0.3, -0.25) is 0 Å². The molecule has 5 aliphatic heterocycles. The molecule has 0 saturated carbocycles. The molecule has 9 atom stereocenters. The number of aliphatic hydroxyl groups excluding tert-OH is 4. The molecule has 2 aromatic rings. The molecule has 0 aromatic heterocycles. The van der Waals surface area contributed by atoms with Crippen LogP contribution < -0.4 is 18.9 Å². The Morgan fingerprint density at radius 3 is 2.16 bits per heavy atom. The molecule has 38 heavy (non-hydrogen) atoms. The van der Waals surface area contributed by atoms with Gasteiger partial charge in [-0.1, -0.05) is 12.1 Å². The molecule has 2 aromatic carbocycles. The van der Waals surface area contributed by atoms with E-state index < -0.39 is 55.1 Å². The van der Waals surface area contributed by atoms with E-state index in [4.69, 9.17) is 37.9 Å². The molecule has 0 amide bonds. The molecule has 0 spiro atoms. The number of hydrogen-bond donors (Lipinski definition) is 4. The van der Waals surface area contributed by atoms with E-state index in [1.807, 2.05) is 30.3 Å². The number of rotatable bonds is 5. The van der Waals surface area contributed by atoms with Crippen molar-refractivity contribution in [1.82, 2.24) is 0 Å². The minimum absolute atomic E-state index is 0.0743. The number of benzene rings is 2. The first kappa shape index (κ1) is 24.4. The van der Waals surface area contributed by atoms with E-state index in [0.717, 1.165) is 11.1 Å². The molecule has 204 valence electrons. The molecule has 0 radical (unpaired) electrons. The van der Waals surface area contributed by atoms with Crippen molar-refractivity contribution in [2.24, 2.45) is 5.92 Å². The lowest BCUT2D eigenvalue weighted by Crippen LogP contribution is -2.61. The molecule has 12 heteroatoms. The fourth-order valence-electron chi connectivity index (χ4n) is 5.98. The van der Waals surface area contributed by atoms with Crippen molar-refractivity contribution in [1.29, 1.82) is 0 Å². The Kier molecular flexibility index (Phi) is 5.91. The van der Waals surface area contributed by atoms with E-state index in [2.05, 4.69) is 0 Å². The van der Waals surface area contributed by atoms with E-state index in [-0.39, 0.29) is 32.7 Å². The van der Waals surface area contributed by atoms with E-state index in [1.165, 1.54) is 0 Å². The summed E-state index contributed by atoms with van der Waals surface area (Å²) < 4.78 is 46.9. The molecule has 0 bridgehead atoms. The van der Waals surface area contributed by atoms with Gasteiger partial charge in [0.25, 0.3) is 0 Å². The van der Waals surface area contributed by atoms with E-state index in [1.54, 1.807) is 6.07 Å². The second-order valence-corrected chi connectivity index (χ2v) is 10.0. The van der Waals surface area contributed by atoms with Crippen molar-refractivity contribution in [3.05, 3.63) is 47.5 Å². The zero-order valence-corrected chi connectivity index (χ0v) is 20.2. The Bertz CT molecular complexity index is 1200. The van der Waals surface area contributed by atoms with E-state index in [0.29, 0.717) is 23.0 Å². The van der Waals surface area contributed by atoms with Gasteiger partial charge in [-0.25, -0.2) is 0 Å². The van der Waals surface area contributed by atoms with E-state index >= 15 is 0 Å². The van der Waals surface area contributed by atoms with Gasteiger partial charge >= 0.3 is 0 Å². The molecule has 0 aliphatic carbocycles. The largest absolute Gasteiger partial charge is 0.454 e. The van der Waals surface area contributed by atoms with Crippen molar-refractivity contribution in [3.8, 4) is 23.0 Å². The first-order chi connectivity index (χ1) is 18.5. The van der Waals surface area contributed by atoms with Crippen LogP contribution in [0.2, 0.25) is 0 Å². The van der Waals surface area contributed by atoms with Crippen molar-refractivity contribution < 1.29 is 58.3 Å². The highest BCUT2D eigenvalue weighted by molar-refractivity contribution is 5.47. The van der Waals surface area contributed by atoms with Crippen LogP contribution in [0, 0.1) is 5.92 Å². The fourth-order valence-corrected chi connectivity index (χ4v) is 5.98. The van der Waals surface area contributed by atoms with Gasteiger partial charge in [0, 0.05) is 5.92 Å². The van der Waals surface area contributed by atoms with Crippen LogP contribution in [0.15, 0.2) is 36.4 Å². The molecule has 4 N–H and O–H groups in total. The standard InChI is InChI=1S/C26H28O12/c27-7-19-20(28)21(29)22(30)25(37-19)38-26-9-32-23(12-1-3-15-17(5-12)35-10-33-15)14(26)8-31-24(26)13-2-4-16-18(6-13)36-11-34-16/h1-6,14,19-25,27-30H,7-11H2/t14-,19+,20+,21-,22-,23-,24-,25-,26-/m0/s1. The average molecular weight is 532 g/mol. The second kappa shape index (κ2) is 9.21. The molecule has 3 fully saturated rings. The summed E-state index contributed by atoms with van der Waals surface area (Å²) in [5.74, 6) is 2.10. The minimum Gasteiger partial charge on any atom is -0.454 e. The quantitative estimate of drug-likeness (QED) is 0.415. The maximum atomic E-state index is 10.8. The van der Waals surface area contributed by atoms with Crippen LogP contribution in [0.1, 0.15) is 23.3 Å². The average Bonchev–Trinajstić information content (AvgIpc) is 3.71. The summed E-state index contributed by atoms with van der Waals surface area (Å²) in [4.78, 5) is 0. The van der Waals surface area contributed by atoms with Crippen molar-refractivity contribution >= 4 is 0 Å².